The van der Waals surface area contributed by atoms with Crippen LogP contribution in [0.15, 0.2) is 18.2 Å². The summed E-state index contributed by atoms with van der Waals surface area (Å²) in [7, 11) is 0. The van der Waals surface area contributed by atoms with Crippen molar-refractivity contribution in [1.29, 1.82) is 0 Å². The lowest BCUT2D eigenvalue weighted by Gasteiger charge is -2.08. The van der Waals surface area contributed by atoms with E-state index in [4.69, 9.17) is 0 Å². The van der Waals surface area contributed by atoms with Crippen LogP contribution >= 0.6 is 0 Å². The van der Waals surface area contributed by atoms with Crippen LogP contribution in [-0.4, -0.2) is 18.4 Å². The fraction of sp³-hybridized carbons (Fsp3) is 0.429. The van der Waals surface area contributed by atoms with Gasteiger partial charge in [-0.1, -0.05) is 6.07 Å². The van der Waals surface area contributed by atoms with Gasteiger partial charge in [0.05, 0.1) is 6.54 Å². The molecule has 18 heavy (non-hydrogen) atoms. The molecular weight excluding hydrogens is 228 g/mol. The number of carbonyl (C=O) groups is 2. The van der Waals surface area contributed by atoms with Gasteiger partial charge >= 0.3 is 0 Å². The summed E-state index contributed by atoms with van der Waals surface area (Å²) >= 11 is 0. The molecule has 1 fully saturated rings. The summed E-state index contributed by atoms with van der Waals surface area (Å²) < 4.78 is 0. The van der Waals surface area contributed by atoms with Crippen LogP contribution in [-0.2, 0) is 9.59 Å². The molecule has 1 aliphatic rings. The number of hydrogen-bond donors (Lipinski definition) is 2. The van der Waals surface area contributed by atoms with Crippen molar-refractivity contribution < 1.29 is 9.59 Å². The van der Waals surface area contributed by atoms with Crippen molar-refractivity contribution in [2.24, 2.45) is 5.92 Å². The lowest BCUT2D eigenvalue weighted by molar-refractivity contribution is -0.125. The van der Waals surface area contributed by atoms with Crippen molar-refractivity contribution in [3.8, 4) is 0 Å². The number of nitrogens with one attached hydrogen (secondary N) is 2. The molecule has 1 aliphatic carbocycles. The zero-order chi connectivity index (χ0) is 13.1. The highest BCUT2D eigenvalue weighted by molar-refractivity contribution is 5.95. The van der Waals surface area contributed by atoms with E-state index in [1.807, 2.05) is 32.0 Å². The van der Waals surface area contributed by atoms with Gasteiger partial charge < -0.3 is 10.6 Å². The maximum Gasteiger partial charge on any atom is 0.243 e. The molecule has 2 rings (SSSR count). The molecule has 0 saturated heterocycles. The van der Waals surface area contributed by atoms with Crippen LogP contribution in [0.1, 0.15) is 24.0 Å². The van der Waals surface area contributed by atoms with Gasteiger partial charge in [0.15, 0.2) is 0 Å². The zero-order valence-corrected chi connectivity index (χ0v) is 10.7. The van der Waals surface area contributed by atoms with Crippen LogP contribution in [0.2, 0.25) is 0 Å². The Morgan fingerprint density at radius 2 is 1.78 bits per heavy atom. The summed E-state index contributed by atoms with van der Waals surface area (Å²) in [6, 6.07) is 5.87. The minimum Gasteiger partial charge on any atom is -0.347 e. The smallest absolute Gasteiger partial charge is 0.243 e. The van der Waals surface area contributed by atoms with Crippen molar-refractivity contribution in [1.82, 2.24) is 5.32 Å². The van der Waals surface area contributed by atoms with Crippen molar-refractivity contribution in [3.63, 3.8) is 0 Å². The fourth-order valence-corrected chi connectivity index (χ4v) is 1.91. The van der Waals surface area contributed by atoms with Gasteiger partial charge in [0.25, 0.3) is 0 Å². The van der Waals surface area contributed by atoms with Gasteiger partial charge in [0, 0.05) is 11.6 Å². The minimum absolute atomic E-state index is 0.00873. The van der Waals surface area contributed by atoms with Crippen molar-refractivity contribution in [3.05, 3.63) is 29.3 Å². The van der Waals surface area contributed by atoms with Crippen LogP contribution in [0.3, 0.4) is 0 Å². The summed E-state index contributed by atoms with van der Waals surface area (Å²) in [6.07, 6.45) is 1.90. The molecule has 96 valence electrons. The number of anilines is 1. The van der Waals surface area contributed by atoms with Crippen LogP contribution in [0, 0.1) is 19.8 Å². The molecule has 0 spiro atoms. The van der Waals surface area contributed by atoms with Crippen LogP contribution < -0.4 is 10.6 Å². The van der Waals surface area contributed by atoms with E-state index < -0.39 is 0 Å². The number of aryl methyl sites for hydroxylation is 2. The Balaban J connectivity index is 1.84. The molecule has 0 atom stereocenters. The van der Waals surface area contributed by atoms with E-state index in [1.54, 1.807) is 0 Å². The van der Waals surface area contributed by atoms with E-state index in [2.05, 4.69) is 10.6 Å². The molecule has 1 saturated carbocycles. The molecular formula is C14H18N2O2. The van der Waals surface area contributed by atoms with Crippen LogP contribution in [0.25, 0.3) is 0 Å². The second-order valence-electron chi connectivity index (χ2n) is 4.92. The molecule has 1 aromatic carbocycles. The van der Waals surface area contributed by atoms with Gasteiger partial charge in [0.2, 0.25) is 11.8 Å². The standard InChI is InChI=1S/C14H18N2O2/c1-9-5-10(2)7-12(6-9)16-13(17)8-15-14(18)11-3-4-11/h5-7,11H,3-4,8H2,1-2H3,(H,15,18)(H,16,17). The van der Waals surface area contributed by atoms with Crippen molar-refractivity contribution >= 4 is 17.5 Å². The first kappa shape index (κ1) is 12.6. The molecule has 4 nitrogen and oxygen atoms in total. The first-order chi connectivity index (χ1) is 8.54. The third kappa shape index (κ3) is 3.58. The summed E-state index contributed by atoms with van der Waals surface area (Å²) in [5.41, 5.74) is 2.98. The lowest BCUT2D eigenvalue weighted by Crippen LogP contribution is -2.33. The van der Waals surface area contributed by atoms with Gasteiger partial charge in [-0.25, -0.2) is 0 Å². The maximum atomic E-state index is 11.7. The third-order valence-electron chi connectivity index (χ3n) is 2.88. The lowest BCUT2D eigenvalue weighted by atomic mass is 10.1. The second kappa shape index (κ2) is 5.21. The molecule has 0 unspecified atom stereocenters. The highest BCUT2D eigenvalue weighted by atomic mass is 16.2. The molecule has 0 aromatic heterocycles. The quantitative estimate of drug-likeness (QED) is 0.850. The molecule has 0 aliphatic heterocycles. The Hall–Kier alpha value is -1.84. The molecule has 2 amide bonds. The number of benzene rings is 1. The Kier molecular flexibility index (Phi) is 3.65. The van der Waals surface area contributed by atoms with E-state index in [1.165, 1.54) is 0 Å². The average molecular weight is 246 g/mol. The van der Waals surface area contributed by atoms with Gasteiger partial charge in [-0.2, -0.15) is 0 Å². The predicted octanol–water partition coefficient (Wildman–Crippen LogP) is 1.77. The topological polar surface area (TPSA) is 58.2 Å². The summed E-state index contributed by atoms with van der Waals surface area (Å²) in [5, 5.41) is 5.43. The summed E-state index contributed by atoms with van der Waals surface area (Å²) in [5.74, 6) is -0.0569. The van der Waals surface area contributed by atoms with E-state index >= 15 is 0 Å². The normalized spacial score (nSPS) is 14.1. The average Bonchev–Trinajstić information content (AvgIpc) is 3.08. The number of rotatable bonds is 4. The summed E-state index contributed by atoms with van der Waals surface area (Å²) in [6.45, 7) is 4.01. The fourth-order valence-electron chi connectivity index (χ4n) is 1.91. The summed E-state index contributed by atoms with van der Waals surface area (Å²) in [4.78, 5) is 23.0. The Morgan fingerprint density at radius 3 is 2.33 bits per heavy atom. The molecule has 0 heterocycles. The van der Waals surface area contributed by atoms with E-state index in [9.17, 15) is 9.59 Å². The molecule has 4 heteroatoms. The monoisotopic (exact) mass is 246 g/mol. The molecule has 0 radical (unpaired) electrons. The van der Waals surface area contributed by atoms with Gasteiger partial charge in [-0.05, 0) is 49.9 Å². The SMILES string of the molecule is Cc1cc(C)cc(NC(=O)CNC(=O)C2CC2)c1. The minimum atomic E-state index is -0.186. The van der Waals surface area contributed by atoms with Crippen molar-refractivity contribution in [2.45, 2.75) is 26.7 Å². The first-order valence-electron chi connectivity index (χ1n) is 6.20. The highest BCUT2D eigenvalue weighted by Gasteiger charge is 2.29. The number of amides is 2. The largest absolute Gasteiger partial charge is 0.347 e. The Bertz CT molecular complexity index is 458. The Morgan fingerprint density at radius 1 is 1.17 bits per heavy atom. The van der Waals surface area contributed by atoms with Gasteiger partial charge in [-0.15, -0.1) is 0 Å². The van der Waals surface area contributed by atoms with Crippen molar-refractivity contribution in [2.75, 3.05) is 11.9 Å². The number of carbonyl (C=O) groups excluding carboxylic acids is 2. The number of hydrogen-bond acceptors (Lipinski definition) is 2. The highest BCUT2D eigenvalue weighted by Crippen LogP contribution is 2.28. The van der Waals surface area contributed by atoms with E-state index in [-0.39, 0.29) is 24.3 Å². The molecule has 0 bridgehead atoms. The maximum absolute atomic E-state index is 11.7. The second-order valence-corrected chi connectivity index (χ2v) is 4.92. The Labute approximate surface area is 107 Å². The van der Waals surface area contributed by atoms with Crippen LogP contribution in [0.4, 0.5) is 5.69 Å². The first-order valence-corrected chi connectivity index (χ1v) is 6.20. The van der Waals surface area contributed by atoms with E-state index in [0.717, 1.165) is 29.7 Å². The predicted molar refractivity (Wildman–Crippen MR) is 70.3 cm³/mol. The molecule has 1 aromatic rings. The zero-order valence-electron chi connectivity index (χ0n) is 10.7. The molecule has 2 N–H and O–H groups in total. The van der Waals surface area contributed by atoms with E-state index in [0.29, 0.717) is 0 Å². The van der Waals surface area contributed by atoms with Crippen LogP contribution in [0.5, 0.6) is 0 Å². The van der Waals surface area contributed by atoms with Gasteiger partial charge in [-0.3, -0.25) is 9.59 Å². The third-order valence-corrected chi connectivity index (χ3v) is 2.88. The van der Waals surface area contributed by atoms with Gasteiger partial charge in [0.1, 0.15) is 0 Å².